The number of rotatable bonds is 3. The van der Waals surface area contributed by atoms with Crippen molar-refractivity contribution in [2.24, 2.45) is 0 Å². The number of hydrogen-bond acceptors (Lipinski definition) is 3. The zero-order valence-electron chi connectivity index (χ0n) is 11.8. The Bertz CT molecular complexity index is 430. The van der Waals surface area contributed by atoms with E-state index < -0.39 is 11.7 Å². The van der Waals surface area contributed by atoms with Crippen molar-refractivity contribution in [2.45, 2.75) is 25.6 Å². The largest absolute Gasteiger partial charge is 0.417 e. The van der Waals surface area contributed by atoms with E-state index in [0.29, 0.717) is 18.2 Å². The number of piperazine rings is 1. The van der Waals surface area contributed by atoms with Gasteiger partial charge in [-0.3, -0.25) is 9.88 Å². The fourth-order valence-corrected chi connectivity index (χ4v) is 2.51. The average molecular weight is 287 g/mol. The van der Waals surface area contributed by atoms with Crippen molar-refractivity contribution in [1.82, 2.24) is 14.8 Å². The summed E-state index contributed by atoms with van der Waals surface area (Å²) in [5.41, 5.74) is 0.0262. The highest BCUT2D eigenvalue weighted by Gasteiger charge is 2.30. The Morgan fingerprint density at radius 2 is 2.05 bits per heavy atom. The van der Waals surface area contributed by atoms with E-state index in [1.165, 1.54) is 6.07 Å². The van der Waals surface area contributed by atoms with Crippen molar-refractivity contribution in [3.05, 3.63) is 29.6 Å². The molecule has 2 heterocycles. The maximum atomic E-state index is 12.4. The second-order valence-electron chi connectivity index (χ2n) is 5.43. The van der Waals surface area contributed by atoms with Gasteiger partial charge in [-0.05, 0) is 26.1 Å². The molecular weight excluding hydrogens is 267 g/mol. The minimum atomic E-state index is -4.31. The summed E-state index contributed by atoms with van der Waals surface area (Å²) in [7, 11) is 2.10. The molecule has 1 aliphatic heterocycles. The SMILES string of the molecule is CC1CN(C)CCN1CCc1ccc(C(F)(F)F)cn1. The molecule has 112 valence electrons. The number of alkyl halides is 3. The fourth-order valence-electron chi connectivity index (χ4n) is 2.51. The van der Waals surface area contributed by atoms with Gasteiger partial charge in [0.2, 0.25) is 0 Å². The standard InChI is InChI=1S/C14H20F3N3/c1-11-10-19(2)7-8-20(11)6-5-13-4-3-12(9-18-13)14(15,16)17/h3-4,9,11H,5-8,10H2,1-2H3. The molecule has 2 rings (SSSR count). The number of aromatic nitrogens is 1. The molecule has 0 radical (unpaired) electrons. The third-order valence-corrected chi connectivity index (χ3v) is 3.78. The molecule has 1 aromatic rings. The van der Waals surface area contributed by atoms with E-state index in [9.17, 15) is 13.2 Å². The molecule has 20 heavy (non-hydrogen) atoms. The van der Waals surface area contributed by atoms with Gasteiger partial charge in [0.05, 0.1) is 5.56 Å². The second kappa shape index (κ2) is 6.10. The second-order valence-corrected chi connectivity index (χ2v) is 5.43. The predicted octanol–water partition coefficient (Wildman–Crippen LogP) is 2.28. The van der Waals surface area contributed by atoms with Crippen LogP contribution in [0.5, 0.6) is 0 Å². The molecule has 1 aromatic heterocycles. The summed E-state index contributed by atoms with van der Waals surface area (Å²) in [6, 6.07) is 3.06. The summed E-state index contributed by atoms with van der Waals surface area (Å²) in [6.45, 7) is 6.08. The lowest BCUT2D eigenvalue weighted by atomic mass is 10.1. The zero-order chi connectivity index (χ0) is 14.8. The van der Waals surface area contributed by atoms with E-state index in [1.807, 2.05) is 0 Å². The van der Waals surface area contributed by atoms with Gasteiger partial charge in [0, 0.05) is 50.5 Å². The van der Waals surface area contributed by atoms with Crippen molar-refractivity contribution in [3.63, 3.8) is 0 Å². The van der Waals surface area contributed by atoms with E-state index >= 15 is 0 Å². The molecule has 1 aliphatic rings. The number of pyridine rings is 1. The molecule has 1 unspecified atom stereocenters. The number of halogens is 3. The van der Waals surface area contributed by atoms with Crippen LogP contribution in [0.25, 0.3) is 0 Å². The Morgan fingerprint density at radius 1 is 1.30 bits per heavy atom. The van der Waals surface area contributed by atoms with Crippen molar-refractivity contribution in [1.29, 1.82) is 0 Å². The molecule has 3 nitrogen and oxygen atoms in total. The Morgan fingerprint density at radius 3 is 2.60 bits per heavy atom. The van der Waals surface area contributed by atoms with Crippen LogP contribution in [-0.2, 0) is 12.6 Å². The molecule has 0 aliphatic carbocycles. The third-order valence-electron chi connectivity index (χ3n) is 3.78. The topological polar surface area (TPSA) is 19.4 Å². The summed E-state index contributed by atoms with van der Waals surface area (Å²) in [4.78, 5) is 8.56. The summed E-state index contributed by atoms with van der Waals surface area (Å²) in [6.07, 6.45) is -2.70. The molecular formula is C14H20F3N3. The number of likely N-dealkylation sites (N-methyl/N-ethyl adjacent to an activating group) is 1. The summed E-state index contributed by atoms with van der Waals surface area (Å²) in [5, 5.41) is 0. The van der Waals surface area contributed by atoms with Crippen molar-refractivity contribution < 1.29 is 13.2 Å². The van der Waals surface area contributed by atoms with Gasteiger partial charge in [-0.15, -0.1) is 0 Å². The van der Waals surface area contributed by atoms with Crippen LogP contribution in [0, 0.1) is 0 Å². The van der Waals surface area contributed by atoms with Crippen molar-refractivity contribution >= 4 is 0 Å². The van der Waals surface area contributed by atoms with Crippen LogP contribution < -0.4 is 0 Å². The summed E-state index contributed by atoms with van der Waals surface area (Å²) >= 11 is 0. The van der Waals surface area contributed by atoms with Gasteiger partial charge in [-0.25, -0.2) is 0 Å². The van der Waals surface area contributed by atoms with Crippen LogP contribution in [0.3, 0.4) is 0 Å². The van der Waals surface area contributed by atoms with Gasteiger partial charge in [0.1, 0.15) is 0 Å². The monoisotopic (exact) mass is 287 g/mol. The van der Waals surface area contributed by atoms with Crippen molar-refractivity contribution in [2.75, 3.05) is 33.2 Å². The van der Waals surface area contributed by atoms with Gasteiger partial charge in [0.15, 0.2) is 0 Å². The Hall–Kier alpha value is -1.14. The van der Waals surface area contributed by atoms with Gasteiger partial charge in [0.25, 0.3) is 0 Å². The molecule has 0 N–H and O–H groups in total. The van der Waals surface area contributed by atoms with Crippen LogP contribution in [0.4, 0.5) is 13.2 Å². The quantitative estimate of drug-likeness (QED) is 0.850. The maximum Gasteiger partial charge on any atom is 0.417 e. The highest BCUT2D eigenvalue weighted by molar-refractivity contribution is 5.17. The fraction of sp³-hybridized carbons (Fsp3) is 0.643. The van der Waals surface area contributed by atoms with E-state index in [1.54, 1.807) is 0 Å². The van der Waals surface area contributed by atoms with E-state index in [-0.39, 0.29) is 0 Å². The minimum Gasteiger partial charge on any atom is -0.304 e. The van der Waals surface area contributed by atoms with E-state index in [4.69, 9.17) is 0 Å². The first-order valence-electron chi connectivity index (χ1n) is 6.81. The lowest BCUT2D eigenvalue weighted by molar-refractivity contribution is -0.137. The predicted molar refractivity (Wildman–Crippen MR) is 71.5 cm³/mol. The van der Waals surface area contributed by atoms with E-state index in [2.05, 4.69) is 28.8 Å². The van der Waals surface area contributed by atoms with Crippen LogP contribution in [0.1, 0.15) is 18.2 Å². The summed E-state index contributed by atoms with van der Waals surface area (Å²) < 4.78 is 37.3. The Balaban J connectivity index is 1.88. The van der Waals surface area contributed by atoms with Crippen molar-refractivity contribution in [3.8, 4) is 0 Å². The summed E-state index contributed by atoms with van der Waals surface area (Å²) in [5.74, 6) is 0. The molecule has 0 aromatic carbocycles. The van der Waals surface area contributed by atoms with E-state index in [0.717, 1.165) is 38.4 Å². The van der Waals surface area contributed by atoms with Crippen LogP contribution in [-0.4, -0.2) is 54.1 Å². The van der Waals surface area contributed by atoms with Crippen LogP contribution in [0.2, 0.25) is 0 Å². The first kappa shape index (κ1) is 15.3. The molecule has 0 amide bonds. The number of nitrogens with zero attached hydrogens (tertiary/aromatic N) is 3. The first-order chi connectivity index (χ1) is 9.36. The van der Waals surface area contributed by atoms with Gasteiger partial charge < -0.3 is 4.90 Å². The highest BCUT2D eigenvalue weighted by atomic mass is 19.4. The zero-order valence-corrected chi connectivity index (χ0v) is 11.8. The minimum absolute atomic E-state index is 0.475. The normalized spacial score (nSPS) is 22.1. The van der Waals surface area contributed by atoms with Gasteiger partial charge in [-0.1, -0.05) is 0 Å². The number of hydrogen-bond donors (Lipinski definition) is 0. The smallest absolute Gasteiger partial charge is 0.304 e. The molecule has 0 spiro atoms. The maximum absolute atomic E-state index is 12.4. The lowest BCUT2D eigenvalue weighted by Gasteiger charge is -2.38. The first-order valence-corrected chi connectivity index (χ1v) is 6.81. The molecule has 1 atom stereocenters. The van der Waals surface area contributed by atoms with Gasteiger partial charge in [-0.2, -0.15) is 13.2 Å². The molecule has 0 bridgehead atoms. The molecule has 1 fully saturated rings. The average Bonchev–Trinajstić information content (AvgIpc) is 2.37. The Kier molecular flexibility index (Phi) is 4.65. The molecule has 0 saturated carbocycles. The van der Waals surface area contributed by atoms with Crippen LogP contribution in [0.15, 0.2) is 18.3 Å². The molecule has 1 saturated heterocycles. The lowest BCUT2D eigenvalue weighted by Crippen LogP contribution is -2.50. The third kappa shape index (κ3) is 3.93. The van der Waals surface area contributed by atoms with Gasteiger partial charge >= 0.3 is 6.18 Å². The van der Waals surface area contributed by atoms with Crippen LogP contribution >= 0.6 is 0 Å². The Labute approximate surface area is 117 Å². The highest BCUT2D eigenvalue weighted by Crippen LogP contribution is 2.28. The molecule has 6 heteroatoms.